The molecule has 10 heteroatoms. The van der Waals surface area contributed by atoms with Crippen LogP contribution in [0.4, 0.5) is 11.4 Å². The first-order valence-corrected chi connectivity index (χ1v) is 15.1. The average molecular weight is 609 g/mol. The van der Waals surface area contributed by atoms with Crippen molar-refractivity contribution in [3.63, 3.8) is 0 Å². The molecule has 2 saturated heterocycles. The van der Waals surface area contributed by atoms with Gasteiger partial charge in [0.2, 0.25) is 5.91 Å². The van der Waals surface area contributed by atoms with Gasteiger partial charge in [-0.15, -0.1) is 0 Å². The topological polar surface area (TPSA) is 85.0 Å². The van der Waals surface area contributed by atoms with E-state index >= 15 is 0 Å². The molecule has 0 atom stereocenters. The van der Waals surface area contributed by atoms with Gasteiger partial charge in [-0.3, -0.25) is 14.4 Å². The maximum absolute atomic E-state index is 13.4. The van der Waals surface area contributed by atoms with E-state index in [1.165, 1.54) is 0 Å². The van der Waals surface area contributed by atoms with Crippen LogP contribution >= 0.6 is 23.2 Å². The molecule has 220 valence electrons. The summed E-state index contributed by atoms with van der Waals surface area (Å²) >= 11 is 12.4. The SMILES string of the molecule is O=C(Cc1ccccc1)Nc1cc(C(=O)N2CCCNCC2)ccc1N1CCCN(C(=O)c2ccc(Cl)cc2Cl)CC1. The molecule has 2 N–H and O–H groups in total. The number of anilines is 2. The zero-order valence-electron chi connectivity index (χ0n) is 23.5. The minimum Gasteiger partial charge on any atom is -0.368 e. The fourth-order valence-corrected chi connectivity index (χ4v) is 5.94. The van der Waals surface area contributed by atoms with Gasteiger partial charge in [-0.05, 0) is 61.3 Å². The van der Waals surface area contributed by atoms with E-state index in [2.05, 4.69) is 15.5 Å². The van der Waals surface area contributed by atoms with Crippen molar-refractivity contribution >= 4 is 52.3 Å². The van der Waals surface area contributed by atoms with Crippen molar-refractivity contribution in [1.82, 2.24) is 15.1 Å². The number of hydrogen-bond donors (Lipinski definition) is 2. The molecule has 42 heavy (non-hydrogen) atoms. The second kappa shape index (κ2) is 14.1. The van der Waals surface area contributed by atoms with Crippen LogP contribution in [0.3, 0.4) is 0 Å². The van der Waals surface area contributed by atoms with Gasteiger partial charge in [-0.1, -0.05) is 53.5 Å². The molecule has 3 aromatic rings. The summed E-state index contributed by atoms with van der Waals surface area (Å²) < 4.78 is 0. The van der Waals surface area contributed by atoms with Crippen molar-refractivity contribution in [3.8, 4) is 0 Å². The maximum atomic E-state index is 13.4. The third kappa shape index (κ3) is 7.43. The van der Waals surface area contributed by atoms with Crippen LogP contribution in [0.5, 0.6) is 0 Å². The van der Waals surface area contributed by atoms with Gasteiger partial charge in [0.1, 0.15) is 0 Å². The Morgan fingerprint density at radius 2 is 1.55 bits per heavy atom. The first-order valence-electron chi connectivity index (χ1n) is 14.4. The lowest BCUT2D eigenvalue weighted by Gasteiger charge is -2.27. The lowest BCUT2D eigenvalue weighted by Crippen LogP contribution is -2.36. The molecule has 2 heterocycles. The molecular formula is C32H35Cl2N5O3. The summed E-state index contributed by atoms with van der Waals surface area (Å²) in [7, 11) is 0. The Morgan fingerprint density at radius 1 is 0.762 bits per heavy atom. The number of amides is 3. The Kier molecular flexibility index (Phi) is 10.00. The molecule has 5 rings (SSSR count). The van der Waals surface area contributed by atoms with Gasteiger partial charge in [-0.2, -0.15) is 0 Å². The fourth-order valence-electron chi connectivity index (χ4n) is 5.45. The van der Waals surface area contributed by atoms with Gasteiger partial charge in [-0.25, -0.2) is 0 Å². The second-order valence-corrected chi connectivity index (χ2v) is 11.4. The number of carbonyl (C=O) groups excluding carboxylic acids is 3. The van der Waals surface area contributed by atoms with Crippen LogP contribution in [0.25, 0.3) is 0 Å². The van der Waals surface area contributed by atoms with E-state index in [4.69, 9.17) is 23.2 Å². The van der Waals surface area contributed by atoms with Crippen LogP contribution in [-0.2, 0) is 11.2 Å². The minimum absolute atomic E-state index is 0.0451. The molecular weight excluding hydrogens is 573 g/mol. The molecule has 0 aromatic heterocycles. The summed E-state index contributed by atoms with van der Waals surface area (Å²) in [5.74, 6) is -0.339. The smallest absolute Gasteiger partial charge is 0.255 e. The number of carbonyl (C=O) groups is 3. The lowest BCUT2D eigenvalue weighted by molar-refractivity contribution is -0.115. The Bertz CT molecular complexity index is 1430. The molecule has 0 unspecified atom stereocenters. The molecule has 0 saturated carbocycles. The predicted octanol–water partition coefficient (Wildman–Crippen LogP) is 4.96. The number of nitrogens with one attached hydrogen (secondary N) is 2. The van der Waals surface area contributed by atoms with Crippen molar-refractivity contribution in [2.24, 2.45) is 0 Å². The highest BCUT2D eigenvalue weighted by molar-refractivity contribution is 6.36. The van der Waals surface area contributed by atoms with Crippen LogP contribution in [0.1, 0.15) is 39.1 Å². The van der Waals surface area contributed by atoms with Gasteiger partial charge in [0.15, 0.2) is 0 Å². The van der Waals surface area contributed by atoms with Gasteiger partial charge in [0.05, 0.1) is 28.4 Å². The van der Waals surface area contributed by atoms with Crippen LogP contribution < -0.4 is 15.5 Å². The van der Waals surface area contributed by atoms with Crippen molar-refractivity contribution in [1.29, 1.82) is 0 Å². The maximum Gasteiger partial charge on any atom is 0.255 e. The molecule has 3 amide bonds. The third-order valence-electron chi connectivity index (χ3n) is 7.64. The van der Waals surface area contributed by atoms with E-state index < -0.39 is 0 Å². The number of hydrogen-bond acceptors (Lipinski definition) is 5. The zero-order valence-corrected chi connectivity index (χ0v) is 25.0. The largest absolute Gasteiger partial charge is 0.368 e. The third-order valence-corrected chi connectivity index (χ3v) is 8.19. The molecule has 3 aromatic carbocycles. The van der Waals surface area contributed by atoms with E-state index in [0.717, 1.165) is 37.2 Å². The summed E-state index contributed by atoms with van der Waals surface area (Å²) in [5, 5.41) is 7.23. The summed E-state index contributed by atoms with van der Waals surface area (Å²) in [6.45, 7) is 5.28. The minimum atomic E-state index is -0.157. The van der Waals surface area contributed by atoms with Gasteiger partial charge < -0.3 is 25.3 Å². The highest BCUT2D eigenvalue weighted by Crippen LogP contribution is 2.30. The standard InChI is InChI=1S/C32H35Cl2N5O3/c33-25-9-10-26(27(34)22-25)32(42)39-16-5-15-37(18-19-39)29-11-8-24(31(41)38-14-4-12-35-13-17-38)21-28(29)36-30(40)20-23-6-2-1-3-7-23/h1-3,6-11,21-22,35H,4-5,12-20H2,(H,36,40). The van der Waals surface area contributed by atoms with Gasteiger partial charge in [0.25, 0.3) is 11.8 Å². The van der Waals surface area contributed by atoms with Crippen LogP contribution in [0, 0.1) is 0 Å². The van der Waals surface area contributed by atoms with E-state index in [0.29, 0.717) is 66.1 Å². The molecule has 2 aliphatic rings. The van der Waals surface area contributed by atoms with Crippen LogP contribution in [0.15, 0.2) is 66.7 Å². The molecule has 0 aliphatic carbocycles. The monoisotopic (exact) mass is 607 g/mol. The quantitative estimate of drug-likeness (QED) is 0.414. The lowest BCUT2D eigenvalue weighted by atomic mass is 10.1. The number of nitrogens with zero attached hydrogens (tertiary/aromatic N) is 3. The van der Waals surface area contributed by atoms with Crippen LogP contribution in [-0.4, -0.2) is 79.9 Å². The second-order valence-electron chi connectivity index (χ2n) is 10.6. The Hall–Kier alpha value is -3.59. The number of rotatable bonds is 6. The first-order chi connectivity index (χ1) is 20.4. The van der Waals surface area contributed by atoms with Crippen LogP contribution in [0.2, 0.25) is 10.0 Å². The van der Waals surface area contributed by atoms with E-state index in [9.17, 15) is 14.4 Å². The van der Waals surface area contributed by atoms with E-state index in [1.807, 2.05) is 47.4 Å². The van der Waals surface area contributed by atoms with E-state index in [-0.39, 0.29) is 24.1 Å². The number of halogens is 2. The fraction of sp³-hybridized carbons (Fsp3) is 0.344. The highest BCUT2D eigenvalue weighted by atomic mass is 35.5. The summed E-state index contributed by atoms with van der Waals surface area (Å²) in [6, 6.07) is 20.0. The molecule has 0 radical (unpaired) electrons. The van der Waals surface area contributed by atoms with E-state index in [1.54, 1.807) is 29.2 Å². The normalized spacial score (nSPS) is 16.0. The van der Waals surface area contributed by atoms with Crippen molar-refractivity contribution < 1.29 is 14.4 Å². The Morgan fingerprint density at radius 3 is 2.36 bits per heavy atom. The summed E-state index contributed by atoms with van der Waals surface area (Å²) in [5.41, 5.74) is 3.29. The van der Waals surface area contributed by atoms with Crippen molar-refractivity contribution in [2.75, 3.05) is 62.6 Å². The summed E-state index contributed by atoms with van der Waals surface area (Å²) in [6.07, 6.45) is 1.85. The highest BCUT2D eigenvalue weighted by Gasteiger charge is 2.25. The average Bonchev–Trinajstić information content (AvgIpc) is 3.41. The molecule has 0 spiro atoms. The molecule has 8 nitrogen and oxygen atoms in total. The molecule has 2 fully saturated rings. The van der Waals surface area contributed by atoms with Crippen molar-refractivity contribution in [3.05, 3.63) is 93.5 Å². The zero-order chi connectivity index (χ0) is 29.5. The van der Waals surface area contributed by atoms with Gasteiger partial charge in [0, 0.05) is 56.4 Å². The summed E-state index contributed by atoms with van der Waals surface area (Å²) in [4.78, 5) is 45.7. The van der Waals surface area contributed by atoms with Crippen molar-refractivity contribution in [2.45, 2.75) is 19.3 Å². The predicted molar refractivity (Wildman–Crippen MR) is 168 cm³/mol. The number of benzene rings is 3. The molecule has 2 aliphatic heterocycles. The van der Waals surface area contributed by atoms with Gasteiger partial charge >= 0.3 is 0 Å². The Balaban J connectivity index is 1.37. The molecule has 0 bridgehead atoms. The first kappa shape index (κ1) is 29.9. The Labute approximate surface area is 256 Å².